The number of likely N-dealkylation sites (tertiary alicyclic amines) is 1. The van der Waals surface area contributed by atoms with Gasteiger partial charge in [-0.3, -0.25) is 4.79 Å². The minimum Gasteiger partial charge on any atom is -0.369 e. The van der Waals surface area contributed by atoms with E-state index < -0.39 is 5.92 Å². The summed E-state index contributed by atoms with van der Waals surface area (Å²) in [6, 6.07) is 7.88. The fourth-order valence-corrected chi connectivity index (χ4v) is 3.25. The van der Waals surface area contributed by atoms with Crippen LogP contribution in [-0.2, 0) is 17.6 Å². The molecule has 1 aliphatic heterocycles. The summed E-state index contributed by atoms with van der Waals surface area (Å²) >= 11 is 0. The topological polar surface area (TPSA) is 44.1 Å². The van der Waals surface area contributed by atoms with Crippen molar-refractivity contribution in [3.05, 3.63) is 40.5 Å². The highest BCUT2D eigenvalue weighted by Crippen LogP contribution is 2.37. The Balaban J connectivity index is 2.08. The number of benzene rings is 1. The van der Waals surface area contributed by atoms with Gasteiger partial charge in [0.1, 0.15) is 11.6 Å². The first-order valence-corrected chi connectivity index (χ1v) is 7.87. The van der Waals surface area contributed by atoms with Gasteiger partial charge in [-0.25, -0.2) is 8.78 Å². The quantitative estimate of drug-likeness (QED) is 0.840. The predicted octanol–water partition coefficient (Wildman–Crippen LogP) is 3.34. The number of carbonyl (C=O) groups excluding carboxylic acids is 1. The molecule has 0 radical (unpaired) electrons. The normalized spacial score (nSPS) is 20.3. The van der Waals surface area contributed by atoms with Gasteiger partial charge in [-0.2, -0.15) is 5.26 Å². The Morgan fingerprint density at radius 2 is 2.00 bits per heavy atom. The second-order valence-electron chi connectivity index (χ2n) is 6.12. The van der Waals surface area contributed by atoms with Crippen LogP contribution < -0.4 is 0 Å². The SMILES string of the molecule is CCc1ccc2c(c1)C(N1CCC(F)(F)CC1)=C(C#N)C(=O)C2. The Morgan fingerprint density at radius 1 is 1.30 bits per heavy atom. The van der Waals surface area contributed by atoms with Gasteiger partial charge >= 0.3 is 0 Å². The maximum Gasteiger partial charge on any atom is 0.251 e. The third-order valence-electron chi connectivity index (χ3n) is 4.63. The fourth-order valence-electron chi connectivity index (χ4n) is 3.25. The van der Waals surface area contributed by atoms with Gasteiger partial charge in [-0.1, -0.05) is 19.1 Å². The van der Waals surface area contributed by atoms with Crippen molar-refractivity contribution in [2.75, 3.05) is 13.1 Å². The van der Waals surface area contributed by atoms with E-state index in [9.17, 15) is 18.8 Å². The lowest BCUT2D eigenvalue weighted by Gasteiger charge is -2.37. The van der Waals surface area contributed by atoms with Crippen LogP contribution in [0.3, 0.4) is 0 Å². The molecule has 0 bridgehead atoms. The number of rotatable bonds is 2. The standard InChI is InChI=1S/C18H18F2N2O/c1-2-12-3-4-13-10-16(23)15(11-21)17(14(13)9-12)22-7-5-18(19,20)6-8-22/h3-4,9H,2,5-8,10H2,1H3. The van der Waals surface area contributed by atoms with Gasteiger partial charge in [0, 0.05) is 37.9 Å². The van der Waals surface area contributed by atoms with Crippen molar-refractivity contribution >= 4 is 11.5 Å². The number of piperidine rings is 1. The molecule has 2 aliphatic rings. The average molecular weight is 316 g/mol. The summed E-state index contributed by atoms with van der Waals surface area (Å²) in [6.07, 6.45) is 0.558. The lowest BCUT2D eigenvalue weighted by Crippen LogP contribution is -2.40. The number of hydrogen-bond donors (Lipinski definition) is 0. The van der Waals surface area contributed by atoms with Gasteiger partial charge in [0.25, 0.3) is 5.92 Å². The molecule has 0 spiro atoms. The van der Waals surface area contributed by atoms with Crippen LogP contribution in [0.4, 0.5) is 8.78 Å². The Bertz CT molecular complexity index is 721. The van der Waals surface area contributed by atoms with Gasteiger partial charge in [-0.05, 0) is 23.6 Å². The smallest absolute Gasteiger partial charge is 0.251 e. The Hall–Kier alpha value is -2.22. The van der Waals surface area contributed by atoms with E-state index in [0.29, 0.717) is 5.70 Å². The number of carbonyl (C=O) groups is 1. The van der Waals surface area contributed by atoms with E-state index in [1.54, 1.807) is 4.90 Å². The second kappa shape index (κ2) is 5.77. The summed E-state index contributed by atoms with van der Waals surface area (Å²) in [6.45, 7) is 2.36. The molecule has 1 saturated heterocycles. The second-order valence-corrected chi connectivity index (χ2v) is 6.12. The number of allylic oxidation sites excluding steroid dienone is 1. The van der Waals surface area contributed by atoms with E-state index in [1.165, 1.54) is 0 Å². The van der Waals surface area contributed by atoms with Crippen LogP contribution >= 0.6 is 0 Å². The van der Waals surface area contributed by atoms with E-state index >= 15 is 0 Å². The molecule has 0 unspecified atom stereocenters. The van der Waals surface area contributed by atoms with Gasteiger partial charge in [-0.15, -0.1) is 0 Å². The highest BCUT2D eigenvalue weighted by atomic mass is 19.3. The van der Waals surface area contributed by atoms with Crippen molar-refractivity contribution in [2.24, 2.45) is 0 Å². The van der Waals surface area contributed by atoms with Crippen LogP contribution in [0.15, 0.2) is 23.8 Å². The first-order chi connectivity index (χ1) is 10.9. The van der Waals surface area contributed by atoms with Crippen molar-refractivity contribution in [1.82, 2.24) is 4.90 Å². The molecule has 0 atom stereocenters. The van der Waals surface area contributed by atoms with Crippen LogP contribution in [0.1, 0.15) is 36.5 Å². The molecule has 1 heterocycles. The molecule has 0 N–H and O–H groups in total. The van der Waals surface area contributed by atoms with Crippen LogP contribution in [0.25, 0.3) is 5.70 Å². The van der Waals surface area contributed by atoms with Crippen molar-refractivity contribution in [3.8, 4) is 6.07 Å². The van der Waals surface area contributed by atoms with E-state index in [0.717, 1.165) is 23.1 Å². The highest BCUT2D eigenvalue weighted by Gasteiger charge is 2.37. The summed E-state index contributed by atoms with van der Waals surface area (Å²) in [5.74, 6) is -2.88. The molecular formula is C18H18F2N2O. The maximum absolute atomic E-state index is 13.4. The maximum atomic E-state index is 13.4. The number of ketones is 1. The minimum absolute atomic E-state index is 0.107. The first-order valence-electron chi connectivity index (χ1n) is 7.87. The third kappa shape index (κ3) is 2.86. The van der Waals surface area contributed by atoms with Gasteiger partial charge in [0.2, 0.25) is 0 Å². The average Bonchev–Trinajstić information content (AvgIpc) is 2.53. The zero-order valence-electron chi connectivity index (χ0n) is 13.0. The summed E-state index contributed by atoms with van der Waals surface area (Å²) in [5.41, 5.74) is 3.49. The number of Topliss-reactive ketones (excluding diaryl/α,β-unsaturated/α-hetero) is 1. The minimum atomic E-state index is -2.66. The molecule has 1 aromatic rings. The number of halogens is 2. The Labute approximate surface area is 134 Å². The van der Waals surface area contributed by atoms with Crippen LogP contribution in [0.2, 0.25) is 0 Å². The van der Waals surface area contributed by atoms with Crippen molar-refractivity contribution < 1.29 is 13.6 Å². The fraction of sp³-hybridized carbons (Fsp3) is 0.444. The molecule has 3 rings (SSSR count). The predicted molar refractivity (Wildman–Crippen MR) is 82.8 cm³/mol. The number of nitrogens with zero attached hydrogens (tertiary/aromatic N) is 2. The van der Waals surface area contributed by atoms with Crippen molar-refractivity contribution in [2.45, 2.75) is 38.5 Å². The van der Waals surface area contributed by atoms with Crippen molar-refractivity contribution in [1.29, 1.82) is 5.26 Å². The monoisotopic (exact) mass is 316 g/mol. The largest absolute Gasteiger partial charge is 0.369 e. The van der Waals surface area contributed by atoms with E-state index in [2.05, 4.69) is 0 Å². The summed E-state index contributed by atoms with van der Waals surface area (Å²) in [4.78, 5) is 14.1. The Morgan fingerprint density at radius 3 is 2.61 bits per heavy atom. The van der Waals surface area contributed by atoms with Gasteiger partial charge in [0.05, 0.1) is 5.70 Å². The highest BCUT2D eigenvalue weighted by molar-refractivity contribution is 6.09. The summed E-state index contributed by atoms with van der Waals surface area (Å²) in [7, 11) is 0. The number of hydrogen-bond acceptors (Lipinski definition) is 3. The molecule has 0 aromatic heterocycles. The van der Waals surface area contributed by atoms with Crippen LogP contribution in [0, 0.1) is 11.3 Å². The molecule has 23 heavy (non-hydrogen) atoms. The molecule has 1 aromatic carbocycles. The number of aryl methyl sites for hydroxylation is 1. The lowest BCUT2D eigenvalue weighted by atomic mass is 9.86. The van der Waals surface area contributed by atoms with Crippen molar-refractivity contribution in [3.63, 3.8) is 0 Å². The molecule has 0 amide bonds. The molecule has 3 nitrogen and oxygen atoms in total. The molecule has 120 valence electrons. The van der Waals surface area contributed by atoms with Crippen LogP contribution in [-0.4, -0.2) is 29.7 Å². The molecule has 1 fully saturated rings. The molecular weight excluding hydrogens is 298 g/mol. The lowest BCUT2D eigenvalue weighted by molar-refractivity contribution is -0.114. The molecule has 1 aliphatic carbocycles. The van der Waals surface area contributed by atoms with E-state index in [4.69, 9.17) is 0 Å². The number of alkyl halides is 2. The molecule has 5 heteroatoms. The number of nitriles is 1. The van der Waals surface area contributed by atoms with E-state index in [1.807, 2.05) is 31.2 Å². The first kappa shape index (κ1) is 15.7. The van der Waals surface area contributed by atoms with Gasteiger partial charge in [0.15, 0.2) is 5.78 Å². The summed E-state index contributed by atoms with van der Waals surface area (Å²) < 4.78 is 26.9. The Kier molecular flexibility index (Phi) is 3.93. The van der Waals surface area contributed by atoms with Gasteiger partial charge < -0.3 is 4.90 Å². The third-order valence-corrected chi connectivity index (χ3v) is 4.63. The van der Waals surface area contributed by atoms with Crippen LogP contribution in [0.5, 0.6) is 0 Å². The summed E-state index contributed by atoms with van der Waals surface area (Å²) in [5, 5.41) is 9.41. The van der Waals surface area contributed by atoms with E-state index in [-0.39, 0.29) is 43.7 Å². The number of fused-ring (bicyclic) bond motifs is 1. The molecule has 0 saturated carbocycles. The zero-order valence-corrected chi connectivity index (χ0v) is 13.0. The zero-order chi connectivity index (χ0) is 16.6.